The Morgan fingerprint density at radius 1 is 1.22 bits per heavy atom. The van der Waals surface area contributed by atoms with Gasteiger partial charge in [0, 0.05) is 18.4 Å². The van der Waals surface area contributed by atoms with Crippen LogP contribution in [0.5, 0.6) is 0 Å². The minimum absolute atomic E-state index is 0.0896. The molecule has 0 saturated heterocycles. The topological polar surface area (TPSA) is 57.8 Å². The molecule has 0 aliphatic carbocycles. The van der Waals surface area contributed by atoms with E-state index in [0.29, 0.717) is 22.2 Å². The summed E-state index contributed by atoms with van der Waals surface area (Å²) in [5, 5.41) is 9.93. The molecule has 1 aromatic heterocycles. The number of anilines is 1. The van der Waals surface area contributed by atoms with Gasteiger partial charge in [0.15, 0.2) is 0 Å². The smallest absolute Gasteiger partial charge is 0.221 e. The van der Waals surface area contributed by atoms with Gasteiger partial charge < -0.3 is 5.32 Å². The number of amides is 1. The molecule has 1 amide bonds. The zero-order chi connectivity index (χ0) is 16.4. The fourth-order valence-electron chi connectivity index (χ4n) is 2.26. The Morgan fingerprint density at radius 3 is 2.78 bits per heavy atom. The average molecular weight is 313 g/mol. The van der Waals surface area contributed by atoms with Gasteiger partial charge in [0.25, 0.3) is 0 Å². The Bertz CT molecular complexity index is 915. The van der Waals surface area contributed by atoms with Gasteiger partial charge in [-0.1, -0.05) is 18.2 Å². The van der Waals surface area contributed by atoms with E-state index >= 15 is 0 Å². The summed E-state index contributed by atoms with van der Waals surface area (Å²) in [4.78, 5) is 11.1. The average Bonchev–Trinajstić information content (AvgIpc) is 2.87. The number of aromatic nitrogens is 2. The molecule has 0 aliphatic rings. The van der Waals surface area contributed by atoms with Crippen LogP contribution in [-0.4, -0.2) is 16.1 Å². The second-order valence-corrected chi connectivity index (χ2v) is 5.06. The summed E-state index contributed by atoms with van der Waals surface area (Å²) in [5.41, 5.74) is 1.85. The first-order chi connectivity index (χ1) is 11.0. The molecule has 0 spiro atoms. The van der Waals surface area contributed by atoms with E-state index in [1.165, 1.54) is 31.2 Å². The van der Waals surface area contributed by atoms with E-state index in [1.807, 2.05) is 0 Å². The maximum absolute atomic E-state index is 13.9. The normalized spacial score (nSPS) is 11.3. The summed E-state index contributed by atoms with van der Waals surface area (Å²) < 4.78 is 27.0. The molecule has 2 N–H and O–H groups in total. The minimum atomic E-state index is -0.544. The molecule has 0 saturated carbocycles. The Morgan fingerprint density at radius 2 is 2.04 bits per heavy atom. The van der Waals surface area contributed by atoms with Crippen molar-refractivity contribution in [2.75, 3.05) is 5.32 Å². The third kappa shape index (κ3) is 3.26. The van der Waals surface area contributed by atoms with Gasteiger partial charge >= 0.3 is 0 Å². The Balaban J connectivity index is 1.99. The molecule has 3 aromatic rings. The second-order valence-electron chi connectivity index (χ2n) is 5.06. The fraction of sp³-hybridized carbons (Fsp3) is 0.0588. The number of nitrogens with one attached hydrogen (secondary N) is 2. The highest BCUT2D eigenvalue weighted by Gasteiger charge is 2.10. The van der Waals surface area contributed by atoms with Crippen LogP contribution in [0.2, 0.25) is 0 Å². The molecule has 23 heavy (non-hydrogen) atoms. The van der Waals surface area contributed by atoms with Crippen LogP contribution in [0.15, 0.2) is 36.4 Å². The van der Waals surface area contributed by atoms with Crippen LogP contribution in [0, 0.1) is 11.6 Å². The first-order valence-electron chi connectivity index (χ1n) is 6.92. The van der Waals surface area contributed by atoms with Crippen LogP contribution < -0.4 is 5.32 Å². The van der Waals surface area contributed by atoms with E-state index in [0.717, 1.165) is 0 Å². The summed E-state index contributed by atoms with van der Waals surface area (Å²) in [6.07, 6.45) is 3.41. The molecular weight excluding hydrogens is 300 g/mol. The van der Waals surface area contributed by atoms with E-state index in [4.69, 9.17) is 0 Å². The summed E-state index contributed by atoms with van der Waals surface area (Å²) in [6.45, 7) is 1.31. The van der Waals surface area contributed by atoms with E-state index in [9.17, 15) is 13.6 Å². The maximum atomic E-state index is 13.9. The number of nitrogens with zero attached hydrogens (tertiary/aromatic N) is 1. The number of aromatic amines is 1. The van der Waals surface area contributed by atoms with Gasteiger partial charge in [-0.15, -0.1) is 0 Å². The number of carbonyl (C=O) groups excluding carboxylic acids is 1. The van der Waals surface area contributed by atoms with Gasteiger partial charge in [-0.2, -0.15) is 5.10 Å². The van der Waals surface area contributed by atoms with Crippen molar-refractivity contribution in [3.8, 4) is 0 Å². The molecule has 3 rings (SSSR count). The number of rotatable bonds is 3. The number of H-pyrrole nitrogens is 1. The van der Waals surface area contributed by atoms with Gasteiger partial charge in [-0.05, 0) is 29.8 Å². The van der Waals surface area contributed by atoms with Crippen molar-refractivity contribution in [3.05, 3.63) is 59.3 Å². The predicted molar refractivity (Wildman–Crippen MR) is 85.7 cm³/mol. The number of halogens is 2. The highest BCUT2D eigenvalue weighted by Crippen LogP contribution is 2.25. The van der Waals surface area contributed by atoms with Crippen molar-refractivity contribution in [2.24, 2.45) is 0 Å². The molecule has 0 atom stereocenters. The van der Waals surface area contributed by atoms with Gasteiger partial charge in [0.1, 0.15) is 11.6 Å². The number of fused-ring (bicyclic) bond motifs is 1. The highest BCUT2D eigenvalue weighted by molar-refractivity contribution is 5.95. The number of benzene rings is 2. The molecule has 0 radical (unpaired) electrons. The maximum Gasteiger partial charge on any atom is 0.221 e. The zero-order valence-corrected chi connectivity index (χ0v) is 12.2. The molecule has 4 nitrogen and oxygen atoms in total. The molecule has 116 valence electrons. The lowest BCUT2D eigenvalue weighted by molar-refractivity contribution is -0.114. The first kappa shape index (κ1) is 14.9. The monoisotopic (exact) mass is 313 g/mol. The van der Waals surface area contributed by atoms with Crippen LogP contribution in [0.3, 0.4) is 0 Å². The fourth-order valence-corrected chi connectivity index (χ4v) is 2.26. The Hall–Kier alpha value is -3.02. The van der Waals surface area contributed by atoms with E-state index in [2.05, 4.69) is 15.5 Å². The molecule has 0 aliphatic heterocycles. The summed E-state index contributed by atoms with van der Waals surface area (Å²) >= 11 is 0. The minimum Gasteiger partial charge on any atom is -0.324 e. The van der Waals surface area contributed by atoms with Crippen LogP contribution in [0.1, 0.15) is 18.2 Å². The van der Waals surface area contributed by atoms with Gasteiger partial charge in [0.2, 0.25) is 5.91 Å². The SMILES string of the molecule is CC(=O)Nc1cc2c(C=Cc3cccc(F)c3)n[nH]c2cc1F. The molecule has 0 unspecified atom stereocenters. The zero-order valence-electron chi connectivity index (χ0n) is 12.2. The number of hydrogen-bond acceptors (Lipinski definition) is 2. The van der Waals surface area contributed by atoms with E-state index in [1.54, 1.807) is 24.3 Å². The molecule has 2 aromatic carbocycles. The van der Waals surface area contributed by atoms with Crippen LogP contribution in [-0.2, 0) is 4.79 Å². The third-order valence-electron chi connectivity index (χ3n) is 3.27. The van der Waals surface area contributed by atoms with Gasteiger partial charge in [-0.25, -0.2) is 8.78 Å². The van der Waals surface area contributed by atoms with Crippen molar-refractivity contribution in [2.45, 2.75) is 6.92 Å². The summed E-state index contributed by atoms with van der Waals surface area (Å²) in [6, 6.07) is 8.92. The molecule has 6 heteroatoms. The van der Waals surface area contributed by atoms with Gasteiger partial charge in [-0.3, -0.25) is 9.89 Å². The largest absolute Gasteiger partial charge is 0.324 e. The second kappa shape index (κ2) is 6.00. The lowest BCUT2D eigenvalue weighted by atomic mass is 10.1. The quantitative estimate of drug-likeness (QED) is 0.768. The molecule has 0 fully saturated rings. The summed E-state index contributed by atoms with van der Waals surface area (Å²) in [5.74, 6) is -1.23. The Labute approximate surface area is 130 Å². The summed E-state index contributed by atoms with van der Waals surface area (Å²) in [7, 11) is 0. The lowest BCUT2D eigenvalue weighted by Gasteiger charge is -2.03. The van der Waals surface area contributed by atoms with Gasteiger partial charge in [0.05, 0.1) is 16.9 Å². The molecule has 1 heterocycles. The van der Waals surface area contributed by atoms with Crippen molar-refractivity contribution >= 4 is 34.6 Å². The number of hydrogen-bond donors (Lipinski definition) is 2. The van der Waals surface area contributed by atoms with Crippen LogP contribution in [0.4, 0.5) is 14.5 Å². The number of carbonyl (C=O) groups is 1. The predicted octanol–water partition coefficient (Wildman–Crippen LogP) is 3.97. The van der Waals surface area contributed by atoms with Crippen LogP contribution >= 0.6 is 0 Å². The standard InChI is InChI=1S/C17H13F2N3O/c1-10(23)20-17-8-13-15(21-22-16(13)9-14(17)19)6-5-11-3-2-4-12(18)7-11/h2-9H,1H3,(H,20,23)(H,21,22). The van der Waals surface area contributed by atoms with E-state index in [-0.39, 0.29) is 17.4 Å². The third-order valence-corrected chi connectivity index (χ3v) is 3.27. The molecular formula is C17H13F2N3O. The van der Waals surface area contributed by atoms with E-state index < -0.39 is 5.82 Å². The van der Waals surface area contributed by atoms with Crippen LogP contribution in [0.25, 0.3) is 23.1 Å². The Kier molecular flexibility index (Phi) is 3.89. The lowest BCUT2D eigenvalue weighted by Crippen LogP contribution is -2.07. The first-order valence-corrected chi connectivity index (χ1v) is 6.92. The van der Waals surface area contributed by atoms with Crippen molar-refractivity contribution < 1.29 is 13.6 Å². The van der Waals surface area contributed by atoms with Crippen molar-refractivity contribution in [1.82, 2.24) is 10.2 Å². The highest BCUT2D eigenvalue weighted by atomic mass is 19.1. The molecule has 0 bridgehead atoms. The van der Waals surface area contributed by atoms with Crippen molar-refractivity contribution in [3.63, 3.8) is 0 Å². The van der Waals surface area contributed by atoms with Crippen molar-refractivity contribution in [1.29, 1.82) is 0 Å².